The molecule has 9 nitrogen and oxygen atoms in total. The van der Waals surface area contributed by atoms with E-state index >= 15 is 0 Å². The van der Waals surface area contributed by atoms with E-state index in [0.29, 0.717) is 47.8 Å². The number of rotatable bonds is 8. The molecule has 2 aromatic rings. The van der Waals surface area contributed by atoms with E-state index in [2.05, 4.69) is 15.0 Å². The van der Waals surface area contributed by atoms with E-state index < -0.39 is 34.5 Å². The number of allylic oxidation sites excluding steroid dienone is 1. The van der Waals surface area contributed by atoms with E-state index in [1.807, 2.05) is 5.38 Å². The van der Waals surface area contributed by atoms with Crippen LogP contribution in [0.1, 0.15) is 42.3 Å². The molecule has 0 amide bonds. The van der Waals surface area contributed by atoms with E-state index in [1.54, 1.807) is 6.20 Å². The Morgan fingerprint density at radius 1 is 1.33 bits per heavy atom. The summed E-state index contributed by atoms with van der Waals surface area (Å²) >= 11 is 7.76. The Kier molecular flexibility index (Phi) is 8.41. The van der Waals surface area contributed by atoms with Crippen molar-refractivity contribution < 1.29 is 27.4 Å². The van der Waals surface area contributed by atoms with Gasteiger partial charge < -0.3 is 15.2 Å². The zero-order chi connectivity index (χ0) is 25.9. The first-order chi connectivity index (χ1) is 17.2. The number of carbonyl (C=O) groups is 1. The lowest BCUT2D eigenvalue weighted by molar-refractivity contribution is -0.136. The summed E-state index contributed by atoms with van der Waals surface area (Å²) in [5, 5.41) is 14.8. The highest BCUT2D eigenvalue weighted by Gasteiger charge is 2.38. The number of sulfonamides is 1. The lowest BCUT2D eigenvalue weighted by atomic mass is 9.80. The first-order valence-corrected chi connectivity index (χ1v) is 14.3. The van der Waals surface area contributed by atoms with Crippen molar-refractivity contribution in [3.63, 3.8) is 0 Å². The first kappa shape index (κ1) is 26.7. The van der Waals surface area contributed by atoms with Crippen LogP contribution in [0.4, 0.5) is 4.39 Å². The number of ether oxygens (including phenoxy) is 1. The number of aliphatic hydroxyl groups excluding tert-OH is 1. The molecular weight excluding hydrogens is 531 g/mol. The predicted octanol–water partition coefficient (Wildman–Crippen LogP) is 2.92. The lowest BCUT2D eigenvalue weighted by Gasteiger charge is -2.35. The number of benzene rings is 1. The van der Waals surface area contributed by atoms with Crippen LogP contribution >= 0.6 is 22.9 Å². The number of hydrogen-bond donors (Lipinski definition) is 3. The number of thiazole rings is 1. The van der Waals surface area contributed by atoms with Crippen molar-refractivity contribution in [2.75, 3.05) is 19.5 Å². The minimum absolute atomic E-state index is 0.120. The van der Waals surface area contributed by atoms with Gasteiger partial charge in [-0.3, -0.25) is 4.99 Å². The summed E-state index contributed by atoms with van der Waals surface area (Å²) < 4.78 is 45.7. The highest BCUT2D eigenvalue weighted by Crippen LogP contribution is 2.41. The minimum atomic E-state index is -3.57. The Bertz CT molecular complexity index is 1280. The number of hydrogen-bond acceptors (Lipinski definition) is 9. The molecule has 0 bridgehead atoms. The van der Waals surface area contributed by atoms with Gasteiger partial charge in [0.05, 0.1) is 25.0 Å². The second-order valence-electron chi connectivity index (χ2n) is 8.54. The average molecular weight is 557 g/mol. The van der Waals surface area contributed by atoms with Crippen molar-refractivity contribution in [2.24, 2.45) is 10.9 Å². The highest BCUT2D eigenvalue weighted by atomic mass is 35.5. The normalized spacial score (nSPS) is 22.7. The molecule has 13 heteroatoms. The van der Waals surface area contributed by atoms with Gasteiger partial charge in [-0.05, 0) is 43.7 Å². The second kappa shape index (κ2) is 11.3. The van der Waals surface area contributed by atoms with Gasteiger partial charge >= 0.3 is 5.97 Å². The number of aliphatic imine (C=N–C) groups is 1. The molecule has 3 N–H and O–H groups in total. The molecule has 1 unspecified atom stereocenters. The lowest BCUT2D eigenvalue weighted by Crippen LogP contribution is -2.42. The first-order valence-electron chi connectivity index (χ1n) is 11.3. The van der Waals surface area contributed by atoms with Gasteiger partial charge in [0.25, 0.3) is 0 Å². The third kappa shape index (κ3) is 5.94. The Morgan fingerprint density at radius 2 is 2.08 bits per heavy atom. The summed E-state index contributed by atoms with van der Waals surface area (Å²) in [5.74, 6) is -1.10. The molecule has 1 aliphatic carbocycles. The van der Waals surface area contributed by atoms with Crippen molar-refractivity contribution in [2.45, 2.75) is 37.8 Å². The molecule has 194 valence electrons. The number of methoxy groups -OCH3 is 1. The number of aromatic nitrogens is 1. The van der Waals surface area contributed by atoms with E-state index in [4.69, 9.17) is 26.4 Å². The molecule has 1 aliphatic heterocycles. The van der Waals surface area contributed by atoms with Crippen LogP contribution in [-0.4, -0.2) is 55.8 Å². The fraction of sp³-hybridized carbons (Fsp3) is 0.435. The van der Waals surface area contributed by atoms with Crippen LogP contribution in [0.15, 0.2) is 46.0 Å². The third-order valence-electron chi connectivity index (χ3n) is 6.21. The number of esters is 1. The van der Waals surface area contributed by atoms with Crippen molar-refractivity contribution in [3.05, 3.63) is 62.5 Å². The molecule has 1 fully saturated rings. The van der Waals surface area contributed by atoms with Crippen molar-refractivity contribution in [1.82, 2.24) is 15.0 Å². The summed E-state index contributed by atoms with van der Waals surface area (Å²) in [4.78, 5) is 22.1. The van der Waals surface area contributed by atoms with Crippen molar-refractivity contribution in [1.29, 1.82) is 0 Å². The van der Waals surface area contributed by atoms with E-state index in [1.165, 1.54) is 36.6 Å². The van der Waals surface area contributed by atoms with Crippen molar-refractivity contribution in [3.8, 4) is 0 Å². The van der Waals surface area contributed by atoms with Crippen LogP contribution in [0.2, 0.25) is 5.02 Å². The van der Waals surface area contributed by atoms with Crippen LogP contribution in [0.25, 0.3) is 0 Å². The standard InChI is InChI=1S/C23H26ClFN4O5S2/c1-34-23(31)18-19(13-2-5-15(6-3-13)29-36(32,33)11-9-30)27-21(22-26-8-10-35-22)28-20(18)16-7-4-14(25)12-17(16)24/h4,7-8,10,12-13,15,20,29-30H,2-3,5-6,9,11H2,1H3,(H,27,28). The number of halogens is 2. The fourth-order valence-corrected chi connectivity index (χ4v) is 6.51. The summed E-state index contributed by atoms with van der Waals surface area (Å²) in [6, 6.07) is 2.83. The maximum Gasteiger partial charge on any atom is 0.338 e. The number of aliphatic hydroxyl groups is 1. The molecule has 0 saturated heterocycles. The average Bonchev–Trinajstić information content (AvgIpc) is 3.38. The molecule has 4 rings (SSSR count). The molecule has 1 saturated carbocycles. The van der Waals surface area contributed by atoms with Crippen LogP contribution in [-0.2, 0) is 19.6 Å². The largest absolute Gasteiger partial charge is 0.466 e. The van der Waals surface area contributed by atoms with Gasteiger partial charge in [0, 0.05) is 33.9 Å². The smallest absolute Gasteiger partial charge is 0.338 e. The number of nitrogens with zero attached hydrogens (tertiary/aromatic N) is 2. The molecule has 0 spiro atoms. The molecule has 1 aromatic heterocycles. The predicted molar refractivity (Wildman–Crippen MR) is 135 cm³/mol. The zero-order valence-electron chi connectivity index (χ0n) is 19.4. The van der Waals surface area contributed by atoms with E-state index in [-0.39, 0.29) is 28.3 Å². The number of nitrogens with one attached hydrogen (secondary N) is 2. The zero-order valence-corrected chi connectivity index (χ0v) is 21.8. The molecule has 1 atom stereocenters. The quantitative estimate of drug-likeness (QED) is 0.426. The molecule has 2 aliphatic rings. The van der Waals surface area contributed by atoms with Crippen molar-refractivity contribution >= 4 is 44.8 Å². The Balaban J connectivity index is 1.70. The number of carbonyl (C=O) groups excluding carboxylic acids is 1. The molecular formula is C23H26ClFN4O5S2. The fourth-order valence-electron chi connectivity index (χ4n) is 4.55. The van der Waals surface area contributed by atoms with Crippen LogP contribution in [0, 0.1) is 11.7 Å². The topological polar surface area (TPSA) is 130 Å². The second-order valence-corrected chi connectivity index (χ2v) is 11.7. The minimum Gasteiger partial charge on any atom is -0.466 e. The maximum absolute atomic E-state index is 13.8. The molecule has 0 radical (unpaired) electrons. The summed E-state index contributed by atoms with van der Waals surface area (Å²) in [5.41, 5.74) is 1.34. The Labute approximate surface area is 217 Å². The van der Waals surface area contributed by atoms with Crippen LogP contribution < -0.4 is 10.0 Å². The van der Waals surface area contributed by atoms with Crippen LogP contribution in [0.5, 0.6) is 0 Å². The van der Waals surface area contributed by atoms with Gasteiger partial charge in [-0.15, -0.1) is 11.3 Å². The summed E-state index contributed by atoms with van der Waals surface area (Å²) in [6.07, 6.45) is 3.91. The van der Waals surface area contributed by atoms with E-state index in [0.717, 1.165) is 0 Å². The maximum atomic E-state index is 13.8. The molecule has 1 aromatic carbocycles. The highest BCUT2D eigenvalue weighted by molar-refractivity contribution is 7.89. The monoisotopic (exact) mass is 556 g/mol. The Hall–Kier alpha value is -2.38. The van der Waals surface area contributed by atoms with Gasteiger partial charge in [0.2, 0.25) is 10.0 Å². The molecule has 36 heavy (non-hydrogen) atoms. The molecule has 2 heterocycles. The van der Waals surface area contributed by atoms with Gasteiger partial charge in [-0.25, -0.2) is 27.3 Å². The summed E-state index contributed by atoms with van der Waals surface area (Å²) in [7, 11) is -2.29. The summed E-state index contributed by atoms with van der Waals surface area (Å²) in [6.45, 7) is -0.448. The van der Waals surface area contributed by atoms with Gasteiger partial charge in [-0.1, -0.05) is 17.7 Å². The third-order valence-corrected chi connectivity index (χ3v) is 8.73. The van der Waals surface area contributed by atoms with Gasteiger partial charge in [0.15, 0.2) is 10.8 Å². The number of amidine groups is 1. The van der Waals surface area contributed by atoms with Crippen LogP contribution in [0.3, 0.4) is 0 Å². The SMILES string of the molecule is COC(=O)C1=C(C2CCC(NS(=O)(=O)CCO)CC2)NC(c2nccs2)=NC1c1ccc(F)cc1Cl. The van der Waals surface area contributed by atoms with Gasteiger partial charge in [-0.2, -0.15) is 0 Å². The van der Waals surface area contributed by atoms with Gasteiger partial charge in [0.1, 0.15) is 11.9 Å². The van der Waals surface area contributed by atoms with E-state index in [9.17, 15) is 17.6 Å². The Morgan fingerprint density at radius 3 is 2.69 bits per heavy atom.